The molecule has 3 atom stereocenters. The van der Waals surface area contributed by atoms with E-state index in [4.69, 9.17) is 0 Å². The zero-order chi connectivity index (χ0) is 9.10. The number of aliphatic hydroxyl groups is 1. The maximum Gasteiger partial charge on any atom is 0.0569 e. The predicted octanol–water partition coefficient (Wildman–Crippen LogP) is 1.68. The standard InChI is InChI=1S/C11H21NO/c13-11-6-3-4-9(11)8-10-5-1-2-7-12-10/h9-13H,1-8H2. The van der Waals surface area contributed by atoms with Crippen molar-refractivity contribution >= 4 is 0 Å². The van der Waals surface area contributed by atoms with Crippen molar-refractivity contribution in [3.8, 4) is 0 Å². The molecule has 0 radical (unpaired) electrons. The van der Waals surface area contributed by atoms with Crippen LogP contribution < -0.4 is 5.32 Å². The van der Waals surface area contributed by atoms with Crippen molar-refractivity contribution in [1.82, 2.24) is 5.32 Å². The molecule has 0 aromatic carbocycles. The van der Waals surface area contributed by atoms with Gasteiger partial charge in [0, 0.05) is 6.04 Å². The molecule has 1 aliphatic heterocycles. The van der Waals surface area contributed by atoms with Gasteiger partial charge in [0.25, 0.3) is 0 Å². The summed E-state index contributed by atoms with van der Waals surface area (Å²) in [4.78, 5) is 0. The van der Waals surface area contributed by atoms with E-state index in [2.05, 4.69) is 5.32 Å². The van der Waals surface area contributed by atoms with Crippen LogP contribution in [-0.4, -0.2) is 23.8 Å². The van der Waals surface area contributed by atoms with E-state index in [1.807, 2.05) is 0 Å². The number of nitrogens with one attached hydrogen (secondary N) is 1. The van der Waals surface area contributed by atoms with Crippen LogP contribution in [0.2, 0.25) is 0 Å². The lowest BCUT2D eigenvalue weighted by molar-refractivity contribution is 0.118. The summed E-state index contributed by atoms with van der Waals surface area (Å²) in [5.41, 5.74) is 0. The molecule has 2 aliphatic rings. The SMILES string of the molecule is OC1CCCC1CC1CCCCN1. The molecule has 0 aromatic heterocycles. The molecule has 2 heteroatoms. The van der Waals surface area contributed by atoms with Crippen LogP contribution in [0, 0.1) is 5.92 Å². The van der Waals surface area contributed by atoms with Crippen LogP contribution in [-0.2, 0) is 0 Å². The normalized spacial score (nSPS) is 40.8. The van der Waals surface area contributed by atoms with Crippen LogP contribution in [0.4, 0.5) is 0 Å². The minimum absolute atomic E-state index is 0.00345. The second-order valence-electron chi connectivity index (χ2n) is 4.64. The Balaban J connectivity index is 1.75. The topological polar surface area (TPSA) is 32.3 Å². The Morgan fingerprint density at radius 3 is 2.62 bits per heavy atom. The Kier molecular flexibility index (Phi) is 3.23. The summed E-state index contributed by atoms with van der Waals surface area (Å²) < 4.78 is 0. The summed E-state index contributed by atoms with van der Waals surface area (Å²) in [5, 5.41) is 13.2. The number of piperidine rings is 1. The third-order valence-corrected chi connectivity index (χ3v) is 3.62. The maximum atomic E-state index is 9.69. The van der Waals surface area contributed by atoms with E-state index in [1.165, 1.54) is 45.1 Å². The highest BCUT2D eigenvalue weighted by atomic mass is 16.3. The van der Waals surface area contributed by atoms with Crippen molar-refractivity contribution < 1.29 is 5.11 Å². The fourth-order valence-corrected chi connectivity index (χ4v) is 2.78. The van der Waals surface area contributed by atoms with Gasteiger partial charge in [-0.15, -0.1) is 0 Å². The van der Waals surface area contributed by atoms with Crippen molar-refractivity contribution in [2.45, 2.75) is 57.1 Å². The molecule has 2 rings (SSSR count). The van der Waals surface area contributed by atoms with Gasteiger partial charge in [0.05, 0.1) is 6.10 Å². The van der Waals surface area contributed by atoms with Crippen LogP contribution >= 0.6 is 0 Å². The minimum atomic E-state index is 0.00345. The van der Waals surface area contributed by atoms with Crippen LogP contribution in [0.25, 0.3) is 0 Å². The average Bonchev–Trinajstić information content (AvgIpc) is 2.54. The fraction of sp³-hybridized carbons (Fsp3) is 1.00. The van der Waals surface area contributed by atoms with Crippen LogP contribution in [0.5, 0.6) is 0 Å². The van der Waals surface area contributed by atoms with Gasteiger partial charge in [-0.1, -0.05) is 12.8 Å². The third-order valence-electron chi connectivity index (χ3n) is 3.62. The van der Waals surface area contributed by atoms with Gasteiger partial charge in [0.1, 0.15) is 0 Å². The van der Waals surface area contributed by atoms with E-state index >= 15 is 0 Å². The van der Waals surface area contributed by atoms with Crippen molar-refractivity contribution in [2.75, 3.05) is 6.54 Å². The number of aliphatic hydroxyl groups excluding tert-OH is 1. The molecule has 1 heterocycles. The van der Waals surface area contributed by atoms with E-state index < -0.39 is 0 Å². The lowest BCUT2D eigenvalue weighted by Crippen LogP contribution is -2.36. The highest BCUT2D eigenvalue weighted by Gasteiger charge is 2.28. The summed E-state index contributed by atoms with van der Waals surface area (Å²) in [6.45, 7) is 1.19. The molecular weight excluding hydrogens is 162 g/mol. The lowest BCUT2D eigenvalue weighted by atomic mass is 9.92. The first kappa shape index (κ1) is 9.47. The molecule has 1 saturated heterocycles. The van der Waals surface area contributed by atoms with Crippen LogP contribution in [0.3, 0.4) is 0 Å². The molecule has 0 amide bonds. The molecule has 2 N–H and O–H groups in total. The summed E-state index contributed by atoms with van der Waals surface area (Å²) >= 11 is 0. The van der Waals surface area contributed by atoms with Crippen LogP contribution in [0.1, 0.15) is 44.9 Å². The molecule has 13 heavy (non-hydrogen) atoms. The molecular formula is C11H21NO. The molecule has 1 aliphatic carbocycles. The van der Waals surface area contributed by atoms with E-state index in [0.29, 0.717) is 12.0 Å². The molecule has 2 fully saturated rings. The molecule has 3 unspecified atom stereocenters. The molecule has 76 valence electrons. The van der Waals surface area contributed by atoms with Crippen LogP contribution in [0.15, 0.2) is 0 Å². The minimum Gasteiger partial charge on any atom is -0.393 e. The van der Waals surface area contributed by atoms with E-state index in [-0.39, 0.29) is 6.10 Å². The van der Waals surface area contributed by atoms with Gasteiger partial charge in [-0.2, -0.15) is 0 Å². The smallest absolute Gasteiger partial charge is 0.0569 e. The summed E-state index contributed by atoms with van der Waals surface area (Å²) in [5.74, 6) is 0.593. The quantitative estimate of drug-likeness (QED) is 0.682. The molecule has 0 bridgehead atoms. The van der Waals surface area contributed by atoms with Gasteiger partial charge >= 0.3 is 0 Å². The first-order chi connectivity index (χ1) is 6.36. The Bertz CT molecular complexity index is 154. The second kappa shape index (κ2) is 4.43. The summed E-state index contributed by atoms with van der Waals surface area (Å²) in [6, 6.07) is 0.700. The van der Waals surface area contributed by atoms with Crippen molar-refractivity contribution in [3.05, 3.63) is 0 Å². The third kappa shape index (κ3) is 2.44. The summed E-state index contributed by atoms with van der Waals surface area (Å²) in [7, 11) is 0. The highest BCUT2D eigenvalue weighted by molar-refractivity contribution is 4.82. The fourth-order valence-electron chi connectivity index (χ4n) is 2.78. The van der Waals surface area contributed by atoms with Crippen molar-refractivity contribution in [1.29, 1.82) is 0 Å². The van der Waals surface area contributed by atoms with E-state index in [1.54, 1.807) is 0 Å². The van der Waals surface area contributed by atoms with E-state index in [9.17, 15) is 5.11 Å². The first-order valence-corrected chi connectivity index (χ1v) is 5.78. The van der Waals surface area contributed by atoms with Gasteiger partial charge in [0.15, 0.2) is 0 Å². The Hall–Kier alpha value is -0.0800. The second-order valence-corrected chi connectivity index (χ2v) is 4.64. The number of hydrogen-bond donors (Lipinski definition) is 2. The van der Waals surface area contributed by atoms with E-state index in [0.717, 1.165) is 6.42 Å². The van der Waals surface area contributed by atoms with Crippen molar-refractivity contribution in [2.24, 2.45) is 5.92 Å². The molecule has 2 nitrogen and oxygen atoms in total. The summed E-state index contributed by atoms with van der Waals surface area (Å²) in [6.07, 6.45) is 8.77. The molecule has 0 spiro atoms. The average molecular weight is 183 g/mol. The monoisotopic (exact) mass is 183 g/mol. The Labute approximate surface area is 80.7 Å². The van der Waals surface area contributed by atoms with Gasteiger partial charge in [-0.05, 0) is 44.6 Å². The van der Waals surface area contributed by atoms with Crippen molar-refractivity contribution in [3.63, 3.8) is 0 Å². The predicted molar refractivity (Wildman–Crippen MR) is 53.6 cm³/mol. The zero-order valence-electron chi connectivity index (χ0n) is 8.34. The number of hydrogen-bond acceptors (Lipinski definition) is 2. The number of rotatable bonds is 2. The highest BCUT2D eigenvalue weighted by Crippen LogP contribution is 2.30. The maximum absolute atomic E-state index is 9.69. The van der Waals surface area contributed by atoms with Gasteiger partial charge < -0.3 is 10.4 Å². The van der Waals surface area contributed by atoms with Gasteiger partial charge in [-0.25, -0.2) is 0 Å². The zero-order valence-corrected chi connectivity index (χ0v) is 8.34. The first-order valence-electron chi connectivity index (χ1n) is 5.78. The Morgan fingerprint density at radius 1 is 1.08 bits per heavy atom. The largest absolute Gasteiger partial charge is 0.393 e. The lowest BCUT2D eigenvalue weighted by Gasteiger charge is -2.27. The molecule has 0 aromatic rings. The Morgan fingerprint density at radius 2 is 2.00 bits per heavy atom. The van der Waals surface area contributed by atoms with Gasteiger partial charge in [-0.3, -0.25) is 0 Å². The van der Waals surface area contributed by atoms with Gasteiger partial charge in [0.2, 0.25) is 0 Å². The molecule has 1 saturated carbocycles.